The Morgan fingerprint density at radius 3 is 2.03 bits per heavy atom. The highest BCUT2D eigenvalue weighted by Gasteiger charge is 2.41. The molecule has 0 heterocycles. The summed E-state index contributed by atoms with van der Waals surface area (Å²) in [5.41, 5.74) is 2.86. The fourth-order valence-electron chi connectivity index (χ4n) is 3.90. The molecule has 0 radical (unpaired) electrons. The van der Waals surface area contributed by atoms with Crippen LogP contribution in [0.3, 0.4) is 0 Å². The van der Waals surface area contributed by atoms with E-state index in [1.54, 1.807) is 0 Å². The van der Waals surface area contributed by atoms with Gasteiger partial charge in [0.1, 0.15) is 6.10 Å². The van der Waals surface area contributed by atoms with Crippen LogP contribution in [0.15, 0.2) is 72.8 Å². The van der Waals surface area contributed by atoms with Gasteiger partial charge in [-0.2, -0.15) is 0 Å². The van der Waals surface area contributed by atoms with E-state index in [2.05, 4.69) is 6.58 Å². The highest BCUT2D eigenvalue weighted by molar-refractivity contribution is 5.66. The van der Waals surface area contributed by atoms with Gasteiger partial charge in [-0.3, -0.25) is 4.79 Å². The number of hydrogen-bond acceptors (Lipinski definition) is 5. The number of hydrogen-bond donors (Lipinski definition) is 1. The molecule has 5 heteroatoms. The molecule has 160 valence electrons. The molecule has 2 aromatic carbocycles. The van der Waals surface area contributed by atoms with Crippen LogP contribution in [0, 0.1) is 11.8 Å². The van der Waals surface area contributed by atoms with Crippen molar-refractivity contribution in [2.45, 2.75) is 38.8 Å². The van der Waals surface area contributed by atoms with Gasteiger partial charge in [-0.1, -0.05) is 67.2 Å². The Morgan fingerprint density at radius 1 is 0.967 bits per heavy atom. The highest BCUT2D eigenvalue weighted by atomic mass is 16.5. The van der Waals surface area contributed by atoms with Crippen molar-refractivity contribution in [3.8, 4) is 0 Å². The van der Waals surface area contributed by atoms with Crippen LogP contribution in [0.1, 0.15) is 24.5 Å². The molecule has 0 saturated heterocycles. The largest absolute Gasteiger partial charge is 0.462 e. The Labute approximate surface area is 178 Å². The molecule has 3 rings (SSSR count). The zero-order valence-corrected chi connectivity index (χ0v) is 17.4. The Bertz CT molecular complexity index is 805. The van der Waals surface area contributed by atoms with E-state index in [9.17, 15) is 9.90 Å². The molecule has 1 aliphatic carbocycles. The molecule has 1 aliphatic rings. The third-order valence-electron chi connectivity index (χ3n) is 5.50. The van der Waals surface area contributed by atoms with Crippen LogP contribution in [0.2, 0.25) is 0 Å². The lowest BCUT2D eigenvalue weighted by molar-refractivity contribution is -0.157. The molecular formula is C25H30O5. The zero-order valence-electron chi connectivity index (χ0n) is 17.4. The number of carbonyl (C=O) groups is 1. The van der Waals surface area contributed by atoms with Gasteiger partial charge in [0.25, 0.3) is 0 Å². The van der Waals surface area contributed by atoms with Crippen LogP contribution in [0.5, 0.6) is 0 Å². The molecule has 0 aliphatic heterocycles. The Balaban J connectivity index is 1.66. The minimum atomic E-state index is -0.731. The number of aliphatic hydroxyl groups excluding tert-OH is 1. The van der Waals surface area contributed by atoms with E-state index >= 15 is 0 Å². The van der Waals surface area contributed by atoms with Crippen molar-refractivity contribution in [2.24, 2.45) is 11.8 Å². The summed E-state index contributed by atoms with van der Waals surface area (Å²) in [5.74, 6) is -0.668. The van der Waals surface area contributed by atoms with E-state index in [0.29, 0.717) is 38.4 Å². The van der Waals surface area contributed by atoms with Gasteiger partial charge in [0.05, 0.1) is 32.5 Å². The lowest BCUT2D eigenvalue weighted by Gasteiger charge is -2.41. The number of aliphatic hydroxyl groups is 1. The molecular weight excluding hydrogens is 380 g/mol. The summed E-state index contributed by atoms with van der Waals surface area (Å²) in [5, 5.41) is 10.5. The fourth-order valence-corrected chi connectivity index (χ4v) is 3.90. The lowest BCUT2D eigenvalue weighted by Crippen LogP contribution is -2.46. The number of esters is 1. The molecule has 1 saturated carbocycles. The van der Waals surface area contributed by atoms with Gasteiger partial charge < -0.3 is 19.3 Å². The van der Waals surface area contributed by atoms with Gasteiger partial charge in [0, 0.05) is 25.2 Å². The van der Waals surface area contributed by atoms with Gasteiger partial charge in [0.2, 0.25) is 0 Å². The topological polar surface area (TPSA) is 65.0 Å². The third-order valence-corrected chi connectivity index (χ3v) is 5.50. The Kier molecular flexibility index (Phi) is 8.20. The average Bonchev–Trinajstić information content (AvgIpc) is 2.74. The van der Waals surface area contributed by atoms with E-state index in [1.165, 1.54) is 6.92 Å². The summed E-state index contributed by atoms with van der Waals surface area (Å²) in [6.07, 6.45) is -0.846. The fraction of sp³-hybridized carbons (Fsp3) is 0.400. The predicted octanol–water partition coefficient (Wildman–Crippen LogP) is 3.90. The van der Waals surface area contributed by atoms with Gasteiger partial charge >= 0.3 is 5.97 Å². The second kappa shape index (κ2) is 11.1. The van der Waals surface area contributed by atoms with Gasteiger partial charge in [-0.15, -0.1) is 0 Å². The molecule has 0 spiro atoms. The Hall–Kier alpha value is -2.47. The van der Waals surface area contributed by atoms with Gasteiger partial charge in [-0.25, -0.2) is 0 Å². The standard InChI is InChI=1S/C25H30O5/c1-18-22(16-28-14-20-9-5-3-6-10-20)23(25(13-24(18)27)30-19(2)26)17-29-15-21-11-7-4-8-12-21/h3-12,22-25,27H,1,13-17H2,2H3/t22-,23-,24+,25-/m0/s1. The molecule has 1 N–H and O–H groups in total. The first kappa shape index (κ1) is 22.2. The molecule has 4 atom stereocenters. The molecule has 1 fully saturated rings. The minimum absolute atomic E-state index is 0.135. The van der Waals surface area contributed by atoms with Crippen molar-refractivity contribution in [3.63, 3.8) is 0 Å². The van der Waals surface area contributed by atoms with Crippen LogP contribution < -0.4 is 0 Å². The van der Waals surface area contributed by atoms with E-state index < -0.39 is 12.2 Å². The molecule has 0 bridgehead atoms. The maximum Gasteiger partial charge on any atom is 0.302 e. The molecule has 30 heavy (non-hydrogen) atoms. The number of ether oxygens (including phenoxy) is 3. The van der Waals surface area contributed by atoms with Gasteiger partial charge in [-0.05, 0) is 16.7 Å². The number of rotatable bonds is 9. The average molecular weight is 411 g/mol. The second-order valence-corrected chi connectivity index (χ2v) is 7.75. The zero-order chi connectivity index (χ0) is 21.3. The van der Waals surface area contributed by atoms with E-state index in [1.807, 2.05) is 60.7 Å². The van der Waals surface area contributed by atoms with Crippen molar-refractivity contribution in [1.82, 2.24) is 0 Å². The normalized spacial score (nSPS) is 23.9. The van der Waals surface area contributed by atoms with E-state index in [-0.39, 0.29) is 17.8 Å². The summed E-state index contributed by atoms with van der Waals surface area (Å²) in [7, 11) is 0. The van der Waals surface area contributed by atoms with Crippen molar-refractivity contribution < 1.29 is 24.1 Å². The van der Waals surface area contributed by atoms with E-state index in [4.69, 9.17) is 14.2 Å². The summed E-state index contributed by atoms with van der Waals surface area (Å²) >= 11 is 0. The second-order valence-electron chi connectivity index (χ2n) is 7.75. The van der Waals surface area contributed by atoms with Crippen LogP contribution >= 0.6 is 0 Å². The van der Waals surface area contributed by atoms with Crippen molar-refractivity contribution >= 4 is 5.97 Å². The summed E-state index contributed by atoms with van der Waals surface area (Å²) < 4.78 is 17.5. The smallest absolute Gasteiger partial charge is 0.302 e. The summed E-state index contributed by atoms with van der Waals surface area (Å²) in [4.78, 5) is 11.6. The molecule has 0 amide bonds. The van der Waals surface area contributed by atoms with Crippen molar-refractivity contribution in [1.29, 1.82) is 0 Å². The molecule has 0 unspecified atom stereocenters. The van der Waals surface area contributed by atoms with Crippen LogP contribution in [-0.2, 0) is 32.2 Å². The van der Waals surface area contributed by atoms with Crippen LogP contribution in [0.25, 0.3) is 0 Å². The van der Waals surface area contributed by atoms with Crippen LogP contribution in [-0.4, -0.2) is 36.5 Å². The summed E-state index contributed by atoms with van der Waals surface area (Å²) in [6, 6.07) is 19.8. The first-order valence-corrected chi connectivity index (χ1v) is 10.3. The predicted molar refractivity (Wildman–Crippen MR) is 114 cm³/mol. The van der Waals surface area contributed by atoms with Crippen molar-refractivity contribution in [3.05, 3.63) is 83.9 Å². The Morgan fingerprint density at radius 2 is 1.50 bits per heavy atom. The maximum absolute atomic E-state index is 11.6. The number of benzene rings is 2. The van der Waals surface area contributed by atoms with Gasteiger partial charge in [0.15, 0.2) is 0 Å². The first-order valence-electron chi connectivity index (χ1n) is 10.3. The highest BCUT2D eigenvalue weighted by Crippen LogP contribution is 2.36. The lowest BCUT2D eigenvalue weighted by atomic mass is 9.73. The van der Waals surface area contributed by atoms with Crippen molar-refractivity contribution in [2.75, 3.05) is 13.2 Å². The SMILES string of the molecule is C=C1[C@H](O)C[C@H](OC(C)=O)[C@@H](COCc2ccccc2)[C@H]1COCc1ccccc1. The van der Waals surface area contributed by atoms with E-state index in [0.717, 1.165) is 11.1 Å². The number of carbonyl (C=O) groups excluding carboxylic acids is 1. The molecule has 5 nitrogen and oxygen atoms in total. The molecule has 2 aromatic rings. The first-order chi connectivity index (χ1) is 14.5. The quantitative estimate of drug-likeness (QED) is 0.502. The maximum atomic E-state index is 11.6. The minimum Gasteiger partial charge on any atom is -0.462 e. The monoisotopic (exact) mass is 410 g/mol. The third kappa shape index (κ3) is 6.26. The molecule has 0 aromatic heterocycles. The van der Waals surface area contributed by atoms with Crippen LogP contribution in [0.4, 0.5) is 0 Å². The summed E-state index contributed by atoms with van der Waals surface area (Å²) in [6.45, 7) is 7.20.